The third-order valence-electron chi connectivity index (χ3n) is 0. The van der Waals surface area contributed by atoms with Crippen LogP contribution in [0.15, 0.2) is 0 Å². The molecule has 0 unspecified atom stereocenters. The second-order valence-corrected chi connectivity index (χ2v) is 0.250. The molecule has 0 aliphatic carbocycles. The first kappa shape index (κ1) is 30.4. The van der Waals surface area contributed by atoms with Gasteiger partial charge < -0.3 is 20.5 Å². The Morgan fingerprint density at radius 3 is 1.25 bits per heavy atom. The molecule has 0 aliphatic heterocycles. The van der Waals surface area contributed by atoms with Gasteiger partial charge in [-0.3, -0.25) is 0 Å². The molecule has 4 nitrogen and oxygen atoms in total. The van der Waals surface area contributed by atoms with E-state index in [1.807, 2.05) is 0 Å². The van der Waals surface area contributed by atoms with Crippen molar-refractivity contribution in [3.8, 4) is 0 Å². The monoisotopic (exact) mass is 179 g/mol. The van der Waals surface area contributed by atoms with E-state index in [0.29, 0.717) is 0 Å². The molecule has 0 aromatic rings. The Balaban J connectivity index is -0.00000000750. The van der Waals surface area contributed by atoms with Gasteiger partial charge in [-0.25, -0.2) is 0 Å². The van der Waals surface area contributed by atoms with Crippen LogP contribution < -0.4 is 91.2 Å². The molecular weight excluding hydrogens is 178 g/mol. The van der Waals surface area contributed by atoms with Crippen molar-refractivity contribution in [3.63, 3.8) is 0 Å². The number of carbonyl (C=O) groups excluding carboxylic acids is 1. The fourth-order valence-corrected chi connectivity index (χ4v) is 0. The van der Waals surface area contributed by atoms with Crippen molar-refractivity contribution in [3.05, 3.63) is 0 Å². The molecule has 1 N–H and O–H groups in total. The van der Waals surface area contributed by atoms with Crippen molar-refractivity contribution in [1.82, 2.24) is 0 Å². The summed E-state index contributed by atoms with van der Waals surface area (Å²) in [5, 5.41) is 16.7. The third-order valence-corrected chi connectivity index (χ3v) is 0. The van der Waals surface area contributed by atoms with Gasteiger partial charge in [-0.1, -0.05) is 0 Å². The van der Waals surface area contributed by atoms with E-state index in [2.05, 4.69) is 0 Å². The fraction of sp³-hybridized carbons (Fsp3) is 0. The SMILES string of the molecule is O=C([O-])[O-].[Ca+2].[K+].[Na+].[OH-]. The minimum Gasteiger partial charge on any atom is -0.870 e. The van der Waals surface area contributed by atoms with E-state index < -0.39 is 6.16 Å². The van der Waals surface area contributed by atoms with Crippen molar-refractivity contribution in [1.29, 1.82) is 0 Å². The first-order valence-corrected chi connectivity index (χ1v) is 0.612. The predicted molar refractivity (Wildman–Crippen MR) is 13.1 cm³/mol. The average molecular weight is 179 g/mol. The van der Waals surface area contributed by atoms with Crippen LogP contribution in [0.25, 0.3) is 0 Å². The van der Waals surface area contributed by atoms with Gasteiger partial charge in [0.05, 0.1) is 0 Å². The van der Waals surface area contributed by atoms with Crippen LogP contribution in [0.3, 0.4) is 0 Å². The van der Waals surface area contributed by atoms with Crippen molar-refractivity contribution in [2.24, 2.45) is 0 Å². The second kappa shape index (κ2) is 22.5. The Labute approximate surface area is 141 Å². The molecule has 0 rings (SSSR count). The number of carboxylic acid groups (broad SMARTS) is 2. The summed E-state index contributed by atoms with van der Waals surface area (Å²) in [5.74, 6) is 0. The molecule has 0 bridgehead atoms. The predicted octanol–water partition coefficient (Wildman–Crippen LogP) is -9.00. The van der Waals surface area contributed by atoms with Crippen LogP contribution in [0, 0.1) is 0 Å². The molecule has 32 valence electrons. The average Bonchev–Trinajstić information content (AvgIpc) is 0.811. The van der Waals surface area contributed by atoms with Gasteiger partial charge in [0.2, 0.25) is 0 Å². The Kier molecular flexibility index (Phi) is 85.4. The fourth-order valence-electron chi connectivity index (χ4n) is 0. The summed E-state index contributed by atoms with van der Waals surface area (Å²) in [6.45, 7) is 0. The van der Waals surface area contributed by atoms with E-state index >= 15 is 0 Å². The Morgan fingerprint density at radius 2 is 1.25 bits per heavy atom. The zero-order valence-corrected chi connectivity index (χ0v) is 12.2. The maximum absolute atomic E-state index is 8.33. The minimum absolute atomic E-state index is 0. The van der Waals surface area contributed by atoms with Crippen LogP contribution in [0.5, 0.6) is 0 Å². The smallest absolute Gasteiger partial charge is 0.870 e. The largest absolute Gasteiger partial charge is 2.00 e. The molecule has 7 heteroatoms. The van der Waals surface area contributed by atoms with Crippen molar-refractivity contribution in [2.45, 2.75) is 0 Å². The molecule has 0 aromatic carbocycles. The Morgan fingerprint density at radius 1 is 1.25 bits per heavy atom. The molecule has 0 spiro atoms. The molecule has 0 radical (unpaired) electrons. The molecule has 0 heterocycles. The minimum atomic E-state index is -2.33. The molecular formula is CHCaKNaO4+. The molecule has 0 fully saturated rings. The van der Waals surface area contributed by atoms with Crippen LogP contribution >= 0.6 is 0 Å². The number of carbonyl (C=O) groups is 1. The summed E-state index contributed by atoms with van der Waals surface area (Å²) in [4.78, 5) is 8.33. The molecule has 0 amide bonds. The molecule has 0 saturated carbocycles. The molecule has 0 atom stereocenters. The van der Waals surface area contributed by atoms with Crippen LogP contribution in [0.4, 0.5) is 4.79 Å². The van der Waals surface area contributed by atoms with Crippen molar-refractivity contribution in [2.75, 3.05) is 0 Å². The molecule has 0 aliphatic rings. The van der Waals surface area contributed by atoms with E-state index in [1.165, 1.54) is 0 Å². The quantitative estimate of drug-likeness (QED) is 0.345. The summed E-state index contributed by atoms with van der Waals surface area (Å²) in [6, 6.07) is 0. The molecule has 0 saturated heterocycles. The number of hydrogen-bond acceptors (Lipinski definition) is 4. The normalized spacial score (nSPS) is 3.00. The van der Waals surface area contributed by atoms with Crippen molar-refractivity contribution < 1.29 is 101 Å². The number of hydrogen-bond donors (Lipinski definition) is 0. The van der Waals surface area contributed by atoms with Crippen LogP contribution in [0.1, 0.15) is 0 Å². The summed E-state index contributed by atoms with van der Waals surface area (Å²) >= 11 is 0. The van der Waals surface area contributed by atoms with E-state index in [9.17, 15) is 0 Å². The van der Waals surface area contributed by atoms with E-state index in [0.717, 1.165) is 0 Å². The topological polar surface area (TPSA) is 93.2 Å². The van der Waals surface area contributed by atoms with Gasteiger partial charge in [0.15, 0.2) is 0 Å². The van der Waals surface area contributed by atoms with E-state index in [4.69, 9.17) is 15.0 Å². The first-order valence-electron chi connectivity index (χ1n) is 0.612. The van der Waals surface area contributed by atoms with Gasteiger partial charge in [0.25, 0.3) is 0 Å². The summed E-state index contributed by atoms with van der Waals surface area (Å²) in [5.41, 5.74) is 0. The van der Waals surface area contributed by atoms with Gasteiger partial charge >= 0.3 is 119 Å². The van der Waals surface area contributed by atoms with E-state index in [1.54, 1.807) is 0 Å². The van der Waals surface area contributed by atoms with E-state index in [-0.39, 0.29) is 124 Å². The Hall–Kier alpha value is 3.13. The van der Waals surface area contributed by atoms with Crippen molar-refractivity contribution >= 4 is 43.9 Å². The van der Waals surface area contributed by atoms with Gasteiger partial charge in [0.1, 0.15) is 0 Å². The standard InChI is InChI=1S/CH2O3.Ca.K.Na.H2O/c2-1(3)4;;;;/h(H2,2,3,4);;;;1H2/q;+2;2*+1;/p-3. The first-order chi connectivity index (χ1) is 1.73. The zero-order valence-electron chi connectivity index (χ0n) is 4.88. The van der Waals surface area contributed by atoms with Gasteiger partial charge in [-0.15, -0.1) is 0 Å². The summed E-state index contributed by atoms with van der Waals surface area (Å²) < 4.78 is 0. The number of rotatable bonds is 0. The molecule has 8 heavy (non-hydrogen) atoms. The van der Waals surface area contributed by atoms with Crippen LogP contribution in [-0.2, 0) is 0 Å². The second-order valence-electron chi connectivity index (χ2n) is 0.250. The summed E-state index contributed by atoms with van der Waals surface area (Å²) in [7, 11) is 0. The Bertz CT molecular complexity index is 39.0. The zero-order chi connectivity index (χ0) is 3.58. The van der Waals surface area contributed by atoms with Gasteiger partial charge in [-0.2, -0.15) is 0 Å². The molecule has 0 aromatic heterocycles. The summed E-state index contributed by atoms with van der Waals surface area (Å²) in [6.07, 6.45) is -2.33. The van der Waals surface area contributed by atoms with Crippen LogP contribution in [0.2, 0.25) is 0 Å². The third kappa shape index (κ3) is 61.7. The van der Waals surface area contributed by atoms with Gasteiger partial charge in [0, 0.05) is 0 Å². The maximum atomic E-state index is 8.33. The van der Waals surface area contributed by atoms with Crippen LogP contribution in [-0.4, -0.2) is 49.4 Å². The van der Waals surface area contributed by atoms with Gasteiger partial charge in [-0.05, 0) is 6.16 Å². The maximum Gasteiger partial charge on any atom is 2.00 e.